The second-order valence-electron chi connectivity index (χ2n) is 7.66. The first-order chi connectivity index (χ1) is 10.4. The third kappa shape index (κ3) is 5.32. The molecule has 1 aliphatic carbocycles. The standard InChI is InChI=1S/C15H27NO6S/c1-13(2,3)22-12(17)16-14-5-7-15(8-6-14,20-11-14)9-10-21-23(4,18)19/h5-11H2,1-4H3,(H,16,17). The number of alkyl carbamates (subject to hydrolysis) is 1. The number of nitrogens with one attached hydrogen (secondary N) is 1. The van der Waals surface area contributed by atoms with Gasteiger partial charge in [0.15, 0.2) is 0 Å². The largest absolute Gasteiger partial charge is 0.444 e. The van der Waals surface area contributed by atoms with Gasteiger partial charge in [0.05, 0.1) is 30.6 Å². The SMILES string of the molecule is CC(C)(C)OC(=O)NC12CCC(CCOS(C)(=O)=O)(CC1)OC2. The number of carbonyl (C=O) groups excluding carboxylic acids is 1. The van der Waals surface area contributed by atoms with Crippen molar-refractivity contribution in [3.05, 3.63) is 0 Å². The van der Waals surface area contributed by atoms with Gasteiger partial charge in [0.25, 0.3) is 10.1 Å². The van der Waals surface area contributed by atoms with E-state index >= 15 is 0 Å². The Bertz CT molecular complexity index is 526. The van der Waals surface area contributed by atoms with E-state index in [0.29, 0.717) is 13.0 Å². The summed E-state index contributed by atoms with van der Waals surface area (Å²) in [5, 5.41) is 2.96. The molecule has 0 unspecified atom stereocenters. The smallest absolute Gasteiger partial charge is 0.408 e. The highest BCUT2D eigenvalue weighted by molar-refractivity contribution is 7.85. The van der Waals surface area contributed by atoms with Crippen LogP contribution in [0.2, 0.25) is 0 Å². The minimum atomic E-state index is -3.42. The lowest BCUT2D eigenvalue weighted by molar-refractivity contribution is -0.166. The van der Waals surface area contributed by atoms with Gasteiger partial charge in [-0.3, -0.25) is 4.18 Å². The van der Waals surface area contributed by atoms with Gasteiger partial charge >= 0.3 is 6.09 Å². The fraction of sp³-hybridized carbons (Fsp3) is 0.933. The Morgan fingerprint density at radius 2 is 1.83 bits per heavy atom. The van der Waals surface area contributed by atoms with Crippen LogP contribution < -0.4 is 5.32 Å². The zero-order valence-electron chi connectivity index (χ0n) is 14.3. The maximum absolute atomic E-state index is 12.0. The Morgan fingerprint density at radius 1 is 1.22 bits per heavy atom. The average molecular weight is 349 g/mol. The van der Waals surface area contributed by atoms with E-state index in [-0.39, 0.29) is 17.7 Å². The zero-order valence-corrected chi connectivity index (χ0v) is 15.1. The van der Waals surface area contributed by atoms with Crippen molar-refractivity contribution in [2.75, 3.05) is 19.5 Å². The van der Waals surface area contributed by atoms with E-state index in [1.807, 2.05) is 20.8 Å². The van der Waals surface area contributed by atoms with Gasteiger partial charge in [0, 0.05) is 6.42 Å². The summed E-state index contributed by atoms with van der Waals surface area (Å²) in [6.45, 7) is 6.04. The molecular weight excluding hydrogens is 322 g/mol. The first kappa shape index (κ1) is 18.5. The normalized spacial score (nSPS) is 31.0. The fourth-order valence-electron chi connectivity index (χ4n) is 3.15. The summed E-state index contributed by atoms with van der Waals surface area (Å²) in [6, 6.07) is 0. The molecule has 2 heterocycles. The molecule has 3 fully saturated rings. The van der Waals surface area contributed by atoms with E-state index in [2.05, 4.69) is 5.32 Å². The molecule has 0 radical (unpaired) electrons. The van der Waals surface area contributed by atoms with Crippen LogP contribution >= 0.6 is 0 Å². The van der Waals surface area contributed by atoms with E-state index < -0.39 is 21.8 Å². The van der Waals surface area contributed by atoms with Crippen LogP contribution in [0, 0.1) is 0 Å². The molecule has 3 rings (SSSR count). The molecule has 3 aliphatic rings. The van der Waals surface area contributed by atoms with E-state index in [9.17, 15) is 13.2 Å². The second-order valence-corrected chi connectivity index (χ2v) is 9.30. The number of fused-ring (bicyclic) bond motifs is 3. The van der Waals surface area contributed by atoms with Crippen molar-refractivity contribution in [2.24, 2.45) is 0 Å². The minimum Gasteiger partial charge on any atom is -0.444 e. The van der Waals surface area contributed by atoms with Crippen LogP contribution in [0.3, 0.4) is 0 Å². The van der Waals surface area contributed by atoms with Crippen molar-refractivity contribution in [3.63, 3.8) is 0 Å². The van der Waals surface area contributed by atoms with Crippen LogP contribution in [0.1, 0.15) is 52.9 Å². The molecule has 1 N–H and O–H groups in total. The molecule has 0 aromatic heterocycles. The molecule has 2 saturated heterocycles. The van der Waals surface area contributed by atoms with Gasteiger partial charge in [-0.05, 0) is 46.5 Å². The van der Waals surface area contributed by atoms with Crippen molar-refractivity contribution in [1.29, 1.82) is 0 Å². The van der Waals surface area contributed by atoms with E-state index in [4.69, 9.17) is 13.7 Å². The highest BCUT2D eigenvalue weighted by Gasteiger charge is 2.50. The van der Waals surface area contributed by atoms with E-state index in [0.717, 1.165) is 31.9 Å². The topological polar surface area (TPSA) is 90.9 Å². The molecule has 134 valence electrons. The van der Waals surface area contributed by atoms with Crippen LogP contribution in [0.25, 0.3) is 0 Å². The van der Waals surface area contributed by atoms with Gasteiger partial charge in [-0.1, -0.05) is 0 Å². The van der Waals surface area contributed by atoms with Crippen molar-refractivity contribution in [1.82, 2.24) is 5.32 Å². The third-order valence-electron chi connectivity index (χ3n) is 4.39. The molecule has 8 heteroatoms. The zero-order chi connectivity index (χ0) is 17.4. The van der Waals surface area contributed by atoms with Crippen molar-refractivity contribution < 1.29 is 26.9 Å². The second kappa shape index (κ2) is 6.22. The molecule has 23 heavy (non-hydrogen) atoms. The number of ether oxygens (including phenoxy) is 2. The summed E-state index contributed by atoms with van der Waals surface area (Å²) in [5.41, 5.74) is -1.23. The van der Waals surface area contributed by atoms with Gasteiger partial charge in [-0.2, -0.15) is 8.42 Å². The molecule has 0 atom stereocenters. The molecule has 2 bridgehead atoms. The van der Waals surface area contributed by atoms with Crippen LogP contribution in [0.5, 0.6) is 0 Å². The minimum absolute atomic E-state index is 0.130. The van der Waals surface area contributed by atoms with Gasteiger partial charge in [0.2, 0.25) is 0 Å². The highest BCUT2D eigenvalue weighted by atomic mass is 32.2. The lowest BCUT2D eigenvalue weighted by atomic mass is 9.70. The van der Waals surface area contributed by atoms with Crippen molar-refractivity contribution in [2.45, 2.75) is 69.6 Å². The average Bonchev–Trinajstić information content (AvgIpc) is 2.37. The fourth-order valence-corrected chi connectivity index (χ4v) is 3.53. The highest BCUT2D eigenvalue weighted by Crippen LogP contribution is 2.45. The first-order valence-corrected chi connectivity index (χ1v) is 9.74. The van der Waals surface area contributed by atoms with E-state index in [1.165, 1.54) is 0 Å². The lowest BCUT2D eigenvalue weighted by Gasteiger charge is -2.53. The van der Waals surface area contributed by atoms with Crippen LogP contribution in [0.15, 0.2) is 0 Å². The predicted octanol–water partition coefficient (Wildman–Crippen LogP) is 1.96. The van der Waals surface area contributed by atoms with Crippen LogP contribution in [-0.2, 0) is 23.8 Å². The Balaban J connectivity index is 1.86. The summed E-state index contributed by atoms with van der Waals surface area (Å²) in [6.07, 6.45) is 4.31. The van der Waals surface area contributed by atoms with Crippen LogP contribution in [-0.4, -0.2) is 50.7 Å². The molecule has 7 nitrogen and oxygen atoms in total. The molecule has 1 saturated carbocycles. The monoisotopic (exact) mass is 349 g/mol. The van der Waals surface area contributed by atoms with E-state index in [1.54, 1.807) is 0 Å². The molecular formula is C15H27NO6S. The van der Waals surface area contributed by atoms with Gasteiger partial charge < -0.3 is 14.8 Å². The molecule has 0 aromatic rings. The van der Waals surface area contributed by atoms with Gasteiger partial charge in [-0.25, -0.2) is 4.79 Å². The summed E-state index contributed by atoms with van der Waals surface area (Å²) < 4.78 is 38.2. The Morgan fingerprint density at radius 3 is 2.26 bits per heavy atom. The quantitative estimate of drug-likeness (QED) is 0.763. The van der Waals surface area contributed by atoms with Crippen molar-refractivity contribution in [3.8, 4) is 0 Å². The Hall–Kier alpha value is -0.860. The molecule has 2 aliphatic heterocycles. The molecule has 0 aromatic carbocycles. The number of hydrogen-bond acceptors (Lipinski definition) is 6. The first-order valence-electron chi connectivity index (χ1n) is 7.92. The molecule has 0 spiro atoms. The number of rotatable bonds is 5. The number of carbonyl (C=O) groups is 1. The number of hydrogen-bond donors (Lipinski definition) is 1. The Labute approximate surface area is 138 Å². The summed E-state index contributed by atoms with van der Waals surface area (Å²) in [4.78, 5) is 12.0. The summed E-state index contributed by atoms with van der Waals surface area (Å²) in [7, 11) is -3.42. The third-order valence-corrected chi connectivity index (χ3v) is 4.99. The Kier molecular flexibility index (Phi) is 4.99. The lowest BCUT2D eigenvalue weighted by Crippen LogP contribution is -2.63. The summed E-state index contributed by atoms with van der Waals surface area (Å²) >= 11 is 0. The van der Waals surface area contributed by atoms with Crippen molar-refractivity contribution >= 4 is 16.2 Å². The van der Waals surface area contributed by atoms with Gasteiger partial charge in [0.1, 0.15) is 5.60 Å². The predicted molar refractivity (Wildman–Crippen MR) is 84.7 cm³/mol. The maximum atomic E-state index is 12.0. The molecule has 1 amide bonds. The number of amides is 1. The van der Waals surface area contributed by atoms with Gasteiger partial charge in [-0.15, -0.1) is 0 Å². The van der Waals surface area contributed by atoms with Crippen LogP contribution in [0.4, 0.5) is 4.79 Å². The maximum Gasteiger partial charge on any atom is 0.408 e. The summed E-state index contributed by atoms with van der Waals surface area (Å²) in [5.74, 6) is 0.